The van der Waals surface area contributed by atoms with Gasteiger partial charge in [-0.05, 0) is 30.8 Å². The molecular weight excluding hydrogens is 176 g/mol. The minimum atomic E-state index is -0.474. The first-order valence-electron chi connectivity index (χ1n) is 3.67. The molecule has 0 aliphatic carbocycles. The van der Waals surface area contributed by atoms with E-state index >= 15 is 0 Å². The van der Waals surface area contributed by atoms with Crippen LogP contribution in [-0.2, 0) is 10.8 Å². The highest BCUT2D eigenvalue weighted by Gasteiger charge is 2.16. The van der Waals surface area contributed by atoms with Gasteiger partial charge in [-0.1, -0.05) is 7.43 Å². The molecule has 11 heavy (non-hydrogen) atoms. The molecule has 3 heteroatoms. The van der Waals surface area contributed by atoms with Crippen molar-refractivity contribution in [2.24, 2.45) is 5.92 Å². The summed E-state index contributed by atoms with van der Waals surface area (Å²) in [6, 6.07) is 0. The maximum Gasteiger partial charge on any atom is 0.0237 e. The molecule has 0 aromatic carbocycles. The van der Waals surface area contributed by atoms with E-state index in [2.05, 4.69) is 6.26 Å². The monoisotopic (exact) mass is 194 g/mol. The minimum Gasteiger partial charge on any atom is -0.260 e. The molecule has 0 radical (unpaired) electrons. The van der Waals surface area contributed by atoms with Gasteiger partial charge in [-0.3, -0.25) is 4.21 Å². The largest absolute Gasteiger partial charge is 0.260 e. The lowest BCUT2D eigenvalue weighted by molar-refractivity contribution is 0.535. The summed E-state index contributed by atoms with van der Waals surface area (Å²) in [5.74, 6) is 4.01. The van der Waals surface area contributed by atoms with E-state index in [9.17, 15) is 4.21 Å². The fourth-order valence-corrected chi connectivity index (χ4v) is 3.45. The lowest BCUT2D eigenvalue weighted by atomic mass is 10.1. The Hall–Kier alpha value is 0.500. The summed E-state index contributed by atoms with van der Waals surface area (Å²) < 4.78 is 10.9. The second kappa shape index (κ2) is 6.06. The normalized spacial score (nSPS) is 31.0. The van der Waals surface area contributed by atoms with Gasteiger partial charge in [0.2, 0.25) is 0 Å². The molecule has 0 unspecified atom stereocenters. The van der Waals surface area contributed by atoms with Crippen molar-refractivity contribution in [3.63, 3.8) is 0 Å². The van der Waals surface area contributed by atoms with Crippen molar-refractivity contribution < 1.29 is 4.21 Å². The molecule has 1 saturated heterocycles. The van der Waals surface area contributed by atoms with Gasteiger partial charge in [0.15, 0.2) is 0 Å². The van der Waals surface area contributed by atoms with Gasteiger partial charge < -0.3 is 0 Å². The van der Waals surface area contributed by atoms with Gasteiger partial charge in [0.05, 0.1) is 0 Å². The first-order valence-corrected chi connectivity index (χ1v) is 6.55. The number of rotatable bonds is 2. The molecule has 68 valence electrons. The maximum absolute atomic E-state index is 10.9. The predicted octanol–water partition coefficient (Wildman–Crippen LogP) is 2.14. The SMILES string of the molecule is C.CSCC1CCS(=O)CC1. The van der Waals surface area contributed by atoms with Gasteiger partial charge in [0.1, 0.15) is 0 Å². The van der Waals surface area contributed by atoms with E-state index in [1.165, 1.54) is 18.6 Å². The Labute approximate surface area is 76.8 Å². The van der Waals surface area contributed by atoms with E-state index in [1.807, 2.05) is 11.8 Å². The first-order chi connectivity index (χ1) is 4.83. The molecule has 0 aromatic heterocycles. The van der Waals surface area contributed by atoms with E-state index in [0.29, 0.717) is 0 Å². The van der Waals surface area contributed by atoms with Gasteiger partial charge in [0.25, 0.3) is 0 Å². The Balaban J connectivity index is 0.000001000. The molecular formula is C8H18OS2. The van der Waals surface area contributed by atoms with Crippen molar-refractivity contribution in [3.8, 4) is 0 Å². The average molecular weight is 194 g/mol. The van der Waals surface area contributed by atoms with Gasteiger partial charge in [-0.2, -0.15) is 11.8 Å². The highest BCUT2D eigenvalue weighted by molar-refractivity contribution is 7.98. The van der Waals surface area contributed by atoms with Gasteiger partial charge in [-0.25, -0.2) is 0 Å². The number of hydrogen-bond acceptors (Lipinski definition) is 2. The molecule has 0 bridgehead atoms. The Morgan fingerprint density at radius 1 is 1.45 bits per heavy atom. The van der Waals surface area contributed by atoms with Crippen molar-refractivity contribution >= 4 is 22.6 Å². The topological polar surface area (TPSA) is 17.1 Å². The zero-order valence-electron chi connectivity index (χ0n) is 6.34. The Morgan fingerprint density at radius 3 is 2.45 bits per heavy atom. The van der Waals surface area contributed by atoms with Crippen LogP contribution in [-0.4, -0.2) is 27.7 Å². The third kappa shape index (κ3) is 4.16. The molecule has 0 spiro atoms. The van der Waals surface area contributed by atoms with Crippen LogP contribution in [0.4, 0.5) is 0 Å². The molecule has 1 heterocycles. The molecule has 1 aliphatic rings. The van der Waals surface area contributed by atoms with Crippen LogP contribution >= 0.6 is 11.8 Å². The van der Waals surface area contributed by atoms with Gasteiger partial charge >= 0.3 is 0 Å². The maximum atomic E-state index is 10.9. The van der Waals surface area contributed by atoms with Crippen LogP contribution in [0.1, 0.15) is 20.3 Å². The molecule has 1 rings (SSSR count). The second-order valence-electron chi connectivity index (χ2n) is 2.75. The van der Waals surface area contributed by atoms with Crippen LogP contribution in [0.15, 0.2) is 0 Å². The summed E-state index contributed by atoms with van der Waals surface area (Å²) >= 11 is 1.91. The predicted molar refractivity (Wildman–Crippen MR) is 55.7 cm³/mol. The first kappa shape index (κ1) is 11.5. The standard InChI is InChI=1S/C7H14OS2.CH4/c1-9-6-7-2-4-10(8)5-3-7;/h7H,2-6H2,1H3;1H4. The van der Waals surface area contributed by atoms with Crippen molar-refractivity contribution in [1.29, 1.82) is 0 Å². The van der Waals surface area contributed by atoms with Crippen molar-refractivity contribution in [2.45, 2.75) is 20.3 Å². The fraction of sp³-hybridized carbons (Fsp3) is 1.00. The van der Waals surface area contributed by atoms with Gasteiger partial charge in [-0.15, -0.1) is 0 Å². The van der Waals surface area contributed by atoms with Crippen LogP contribution in [0, 0.1) is 5.92 Å². The lowest BCUT2D eigenvalue weighted by Gasteiger charge is -2.19. The van der Waals surface area contributed by atoms with Crippen LogP contribution in [0.2, 0.25) is 0 Å². The third-order valence-electron chi connectivity index (χ3n) is 1.91. The summed E-state index contributed by atoms with van der Waals surface area (Å²) in [7, 11) is -0.474. The third-order valence-corrected chi connectivity index (χ3v) is 4.10. The Bertz CT molecular complexity index is 115. The zero-order chi connectivity index (χ0) is 7.40. The number of hydrogen-bond donors (Lipinski definition) is 0. The smallest absolute Gasteiger partial charge is 0.0237 e. The molecule has 0 amide bonds. The van der Waals surface area contributed by atoms with Crippen LogP contribution in [0.3, 0.4) is 0 Å². The molecule has 0 saturated carbocycles. The summed E-state index contributed by atoms with van der Waals surface area (Å²) in [5.41, 5.74) is 0. The summed E-state index contributed by atoms with van der Waals surface area (Å²) in [6.45, 7) is 0. The fourth-order valence-electron chi connectivity index (χ4n) is 1.24. The van der Waals surface area contributed by atoms with E-state index in [1.54, 1.807) is 0 Å². The van der Waals surface area contributed by atoms with E-state index < -0.39 is 10.8 Å². The molecule has 0 aromatic rings. The molecule has 0 N–H and O–H groups in total. The van der Waals surface area contributed by atoms with E-state index in [4.69, 9.17) is 0 Å². The molecule has 1 fully saturated rings. The number of thioether (sulfide) groups is 1. The Kier molecular flexibility index (Phi) is 6.34. The minimum absolute atomic E-state index is 0. The van der Waals surface area contributed by atoms with Crippen LogP contribution in [0.25, 0.3) is 0 Å². The zero-order valence-corrected chi connectivity index (χ0v) is 7.97. The van der Waals surface area contributed by atoms with Crippen molar-refractivity contribution in [1.82, 2.24) is 0 Å². The Morgan fingerprint density at radius 2 is 2.00 bits per heavy atom. The van der Waals surface area contributed by atoms with Crippen molar-refractivity contribution in [3.05, 3.63) is 0 Å². The van der Waals surface area contributed by atoms with E-state index in [-0.39, 0.29) is 7.43 Å². The molecule has 1 aliphatic heterocycles. The second-order valence-corrected chi connectivity index (χ2v) is 5.35. The summed E-state index contributed by atoms with van der Waals surface area (Å²) in [6.07, 6.45) is 4.52. The highest BCUT2D eigenvalue weighted by atomic mass is 32.2. The lowest BCUT2D eigenvalue weighted by Crippen LogP contribution is -2.19. The van der Waals surface area contributed by atoms with Gasteiger partial charge in [0, 0.05) is 22.3 Å². The molecule has 1 nitrogen and oxygen atoms in total. The van der Waals surface area contributed by atoms with E-state index in [0.717, 1.165) is 17.4 Å². The summed E-state index contributed by atoms with van der Waals surface area (Å²) in [5, 5.41) is 0. The van der Waals surface area contributed by atoms with Crippen LogP contribution < -0.4 is 0 Å². The summed E-state index contributed by atoms with van der Waals surface area (Å²) in [4.78, 5) is 0. The van der Waals surface area contributed by atoms with Crippen LogP contribution in [0.5, 0.6) is 0 Å². The molecule has 0 atom stereocenters. The quantitative estimate of drug-likeness (QED) is 0.670. The highest BCUT2D eigenvalue weighted by Crippen LogP contribution is 2.19. The van der Waals surface area contributed by atoms with Crippen molar-refractivity contribution in [2.75, 3.05) is 23.5 Å². The average Bonchev–Trinajstić information content (AvgIpc) is 1.95.